The lowest BCUT2D eigenvalue weighted by molar-refractivity contribution is -0.175. The normalized spacial score (nSPS) is 25.3. The van der Waals surface area contributed by atoms with E-state index in [-0.39, 0.29) is 12.5 Å². The smallest absolute Gasteiger partial charge is 0.381 e. The highest BCUT2D eigenvalue weighted by molar-refractivity contribution is 4.79. The lowest BCUT2D eigenvalue weighted by atomic mass is 9.93. The third kappa shape index (κ3) is 6.56. The van der Waals surface area contributed by atoms with Crippen LogP contribution in [0.1, 0.15) is 26.2 Å². The molecular weight excluding hydrogens is 247 g/mol. The molecule has 3 nitrogen and oxygen atoms in total. The zero-order chi connectivity index (χ0) is 13.4. The minimum absolute atomic E-state index is 0.137. The second kappa shape index (κ2) is 7.96. The Labute approximate surface area is 106 Å². The van der Waals surface area contributed by atoms with Crippen molar-refractivity contribution >= 4 is 0 Å². The van der Waals surface area contributed by atoms with Gasteiger partial charge in [0.05, 0.1) is 6.61 Å². The van der Waals surface area contributed by atoms with Crippen molar-refractivity contribution in [2.45, 2.75) is 38.4 Å². The summed E-state index contributed by atoms with van der Waals surface area (Å²) >= 11 is 0. The molecule has 6 heteroatoms. The van der Waals surface area contributed by atoms with Gasteiger partial charge in [-0.3, -0.25) is 0 Å². The van der Waals surface area contributed by atoms with E-state index in [2.05, 4.69) is 17.0 Å². The van der Waals surface area contributed by atoms with Crippen molar-refractivity contribution in [1.82, 2.24) is 5.32 Å². The van der Waals surface area contributed by atoms with E-state index in [4.69, 9.17) is 4.74 Å². The van der Waals surface area contributed by atoms with Gasteiger partial charge in [-0.1, -0.05) is 6.92 Å². The average molecular weight is 269 g/mol. The number of nitrogens with one attached hydrogen (secondary N) is 1. The van der Waals surface area contributed by atoms with Gasteiger partial charge in [0.25, 0.3) is 0 Å². The van der Waals surface area contributed by atoms with Crippen LogP contribution in [0.3, 0.4) is 0 Å². The molecule has 2 atom stereocenters. The summed E-state index contributed by atoms with van der Waals surface area (Å²) in [5.74, 6) is 0.249. The van der Waals surface area contributed by atoms with Crippen LogP contribution in [0.5, 0.6) is 0 Å². The minimum Gasteiger partial charge on any atom is -0.381 e. The molecule has 1 heterocycles. The molecule has 2 unspecified atom stereocenters. The van der Waals surface area contributed by atoms with Gasteiger partial charge in [0.1, 0.15) is 6.61 Å². The standard InChI is InChI=1S/C12H22F3NO2/c1-2-5-16-11-4-7-17-8-10(11)3-6-18-9-12(13,14)15/h10-11,16H,2-9H2,1H3. The van der Waals surface area contributed by atoms with Gasteiger partial charge in [0.15, 0.2) is 0 Å². The van der Waals surface area contributed by atoms with Gasteiger partial charge in [-0.2, -0.15) is 13.2 Å². The molecule has 1 rings (SSSR count). The highest BCUT2D eigenvalue weighted by Crippen LogP contribution is 2.19. The molecular formula is C12H22F3NO2. The van der Waals surface area contributed by atoms with Gasteiger partial charge >= 0.3 is 6.18 Å². The third-order valence-corrected chi connectivity index (χ3v) is 3.03. The number of hydrogen-bond acceptors (Lipinski definition) is 3. The first kappa shape index (κ1) is 15.7. The fourth-order valence-corrected chi connectivity index (χ4v) is 2.10. The summed E-state index contributed by atoms with van der Waals surface area (Å²) in [6, 6.07) is 0.341. The number of rotatable bonds is 7. The Morgan fingerprint density at radius 1 is 1.39 bits per heavy atom. The van der Waals surface area contributed by atoms with E-state index in [0.717, 1.165) is 26.0 Å². The van der Waals surface area contributed by atoms with Gasteiger partial charge in [0, 0.05) is 19.3 Å². The van der Waals surface area contributed by atoms with Crippen molar-refractivity contribution < 1.29 is 22.6 Å². The fourth-order valence-electron chi connectivity index (χ4n) is 2.10. The molecule has 1 saturated heterocycles. The molecule has 1 fully saturated rings. The van der Waals surface area contributed by atoms with E-state index < -0.39 is 12.8 Å². The number of ether oxygens (including phenoxy) is 2. The topological polar surface area (TPSA) is 30.5 Å². The van der Waals surface area contributed by atoms with Crippen molar-refractivity contribution in [3.8, 4) is 0 Å². The van der Waals surface area contributed by atoms with Crippen LogP contribution in [0.4, 0.5) is 13.2 Å². The molecule has 18 heavy (non-hydrogen) atoms. The van der Waals surface area contributed by atoms with Gasteiger partial charge in [-0.15, -0.1) is 0 Å². The molecule has 1 aliphatic rings. The van der Waals surface area contributed by atoms with E-state index in [1.165, 1.54) is 0 Å². The summed E-state index contributed by atoms with van der Waals surface area (Å²) < 4.78 is 45.7. The van der Waals surface area contributed by atoms with Gasteiger partial charge in [-0.05, 0) is 31.7 Å². The van der Waals surface area contributed by atoms with Crippen molar-refractivity contribution in [3.63, 3.8) is 0 Å². The average Bonchev–Trinajstić information content (AvgIpc) is 2.32. The number of alkyl halides is 3. The molecule has 0 aromatic carbocycles. The first-order valence-electron chi connectivity index (χ1n) is 6.48. The van der Waals surface area contributed by atoms with Crippen LogP contribution in [-0.4, -0.2) is 45.2 Å². The van der Waals surface area contributed by atoms with Crippen molar-refractivity contribution in [1.29, 1.82) is 0 Å². The van der Waals surface area contributed by atoms with Crippen LogP contribution < -0.4 is 5.32 Å². The maximum Gasteiger partial charge on any atom is 0.411 e. The Hall–Kier alpha value is -0.330. The van der Waals surface area contributed by atoms with Crippen molar-refractivity contribution in [2.75, 3.05) is 33.0 Å². The first-order valence-corrected chi connectivity index (χ1v) is 6.48. The summed E-state index contributed by atoms with van der Waals surface area (Å²) in [6.45, 7) is 3.34. The number of halogens is 3. The SMILES string of the molecule is CCCNC1CCOCC1CCOCC(F)(F)F. The van der Waals surface area contributed by atoms with Gasteiger partial charge in [-0.25, -0.2) is 0 Å². The minimum atomic E-state index is -4.23. The van der Waals surface area contributed by atoms with Crippen LogP contribution in [0, 0.1) is 5.92 Å². The highest BCUT2D eigenvalue weighted by atomic mass is 19.4. The Balaban J connectivity index is 2.20. The summed E-state index contributed by atoms with van der Waals surface area (Å²) in [6.07, 6.45) is -1.65. The lowest BCUT2D eigenvalue weighted by Gasteiger charge is -2.32. The first-order chi connectivity index (χ1) is 8.53. The summed E-state index contributed by atoms with van der Waals surface area (Å²) in [4.78, 5) is 0. The van der Waals surface area contributed by atoms with Crippen LogP contribution in [0.25, 0.3) is 0 Å². The molecule has 1 aliphatic heterocycles. The van der Waals surface area contributed by atoms with Gasteiger partial charge in [0.2, 0.25) is 0 Å². The zero-order valence-electron chi connectivity index (χ0n) is 10.8. The van der Waals surface area contributed by atoms with Crippen LogP contribution >= 0.6 is 0 Å². The van der Waals surface area contributed by atoms with Crippen molar-refractivity contribution in [3.05, 3.63) is 0 Å². The summed E-state index contributed by atoms with van der Waals surface area (Å²) in [7, 11) is 0. The Kier molecular flexibility index (Phi) is 6.96. The molecule has 0 radical (unpaired) electrons. The molecule has 0 aromatic heterocycles. The van der Waals surface area contributed by atoms with E-state index >= 15 is 0 Å². The Bertz CT molecular complexity index is 224. The maximum atomic E-state index is 11.9. The highest BCUT2D eigenvalue weighted by Gasteiger charge is 2.28. The van der Waals surface area contributed by atoms with E-state index in [9.17, 15) is 13.2 Å². The Morgan fingerprint density at radius 2 is 2.17 bits per heavy atom. The molecule has 108 valence electrons. The van der Waals surface area contributed by atoms with Gasteiger partial charge < -0.3 is 14.8 Å². The number of hydrogen-bond donors (Lipinski definition) is 1. The summed E-state index contributed by atoms with van der Waals surface area (Å²) in [5, 5.41) is 3.42. The monoisotopic (exact) mass is 269 g/mol. The lowest BCUT2D eigenvalue weighted by Crippen LogP contribution is -2.43. The molecule has 0 spiro atoms. The van der Waals surface area contributed by atoms with Crippen LogP contribution in [-0.2, 0) is 9.47 Å². The molecule has 0 aliphatic carbocycles. The van der Waals surface area contributed by atoms with E-state index in [0.29, 0.717) is 19.1 Å². The summed E-state index contributed by atoms with van der Waals surface area (Å²) in [5.41, 5.74) is 0. The zero-order valence-corrected chi connectivity index (χ0v) is 10.8. The second-order valence-corrected chi connectivity index (χ2v) is 4.64. The second-order valence-electron chi connectivity index (χ2n) is 4.64. The Morgan fingerprint density at radius 3 is 2.83 bits per heavy atom. The van der Waals surface area contributed by atoms with E-state index in [1.807, 2.05) is 0 Å². The van der Waals surface area contributed by atoms with Crippen LogP contribution in [0.15, 0.2) is 0 Å². The maximum absolute atomic E-state index is 11.9. The molecule has 0 saturated carbocycles. The molecule has 1 N–H and O–H groups in total. The fraction of sp³-hybridized carbons (Fsp3) is 1.00. The largest absolute Gasteiger partial charge is 0.411 e. The van der Waals surface area contributed by atoms with Crippen molar-refractivity contribution in [2.24, 2.45) is 5.92 Å². The molecule has 0 amide bonds. The quantitative estimate of drug-likeness (QED) is 0.720. The van der Waals surface area contributed by atoms with E-state index in [1.54, 1.807) is 0 Å². The molecule has 0 bridgehead atoms. The molecule has 0 aromatic rings. The predicted octanol–water partition coefficient (Wildman–Crippen LogP) is 2.36. The predicted molar refractivity (Wildman–Crippen MR) is 62.5 cm³/mol. The third-order valence-electron chi connectivity index (χ3n) is 3.03. The van der Waals surface area contributed by atoms with Crippen LogP contribution in [0.2, 0.25) is 0 Å².